The van der Waals surface area contributed by atoms with Crippen molar-refractivity contribution in [3.63, 3.8) is 0 Å². The highest BCUT2D eigenvalue weighted by atomic mass is 28.4. The summed E-state index contributed by atoms with van der Waals surface area (Å²) in [6, 6.07) is 13.3. The first kappa shape index (κ1) is 14.3. The van der Waals surface area contributed by atoms with E-state index < -0.39 is 8.32 Å². The van der Waals surface area contributed by atoms with Crippen molar-refractivity contribution in [3.05, 3.63) is 30.3 Å². The van der Waals surface area contributed by atoms with E-state index in [2.05, 4.69) is 20.8 Å². The van der Waals surface area contributed by atoms with Crippen LogP contribution in [0.4, 0.5) is 0 Å². The van der Waals surface area contributed by atoms with E-state index in [0.29, 0.717) is 0 Å². The van der Waals surface area contributed by atoms with Crippen LogP contribution >= 0.6 is 0 Å². The number of rotatable bonds is 7. The van der Waals surface area contributed by atoms with Gasteiger partial charge in [0.25, 0.3) is 0 Å². The zero-order valence-electron chi connectivity index (χ0n) is 11.4. The molecule has 0 N–H and O–H groups in total. The molecule has 0 amide bonds. The number of hydrogen-bond acceptors (Lipinski definition) is 2. The Morgan fingerprint density at radius 1 is 1.00 bits per heavy atom. The summed E-state index contributed by atoms with van der Waals surface area (Å²) < 4.78 is 12.0. The highest BCUT2D eigenvalue weighted by molar-refractivity contribution is 6.73. The Kier molecular flexibility index (Phi) is 5.72. The zero-order valence-corrected chi connectivity index (χ0v) is 12.4. The van der Waals surface area contributed by atoms with Crippen LogP contribution in [-0.2, 0) is 4.43 Å². The largest absolute Gasteiger partial charge is 0.466 e. The van der Waals surface area contributed by atoms with Crippen molar-refractivity contribution < 1.29 is 9.16 Å². The standard InChI is InChI=1S/C14H24O2Si/c1-5-17(6-2,7-3)16-13(4)15-14-11-9-8-10-12-14/h8-13H,5-7H2,1-4H3. The van der Waals surface area contributed by atoms with Gasteiger partial charge in [0.1, 0.15) is 5.75 Å². The molecule has 17 heavy (non-hydrogen) atoms. The molecule has 0 saturated heterocycles. The van der Waals surface area contributed by atoms with Gasteiger partial charge < -0.3 is 9.16 Å². The fourth-order valence-corrected chi connectivity index (χ4v) is 4.82. The quantitative estimate of drug-likeness (QED) is 0.528. The van der Waals surface area contributed by atoms with Crippen LogP contribution in [0.1, 0.15) is 27.7 Å². The van der Waals surface area contributed by atoms with Crippen molar-refractivity contribution >= 4 is 8.32 Å². The van der Waals surface area contributed by atoms with Crippen molar-refractivity contribution in [3.8, 4) is 5.75 Å². The van der Waals surface area contributed by atoms with Gasteiger partial charge in [0.05, 0.1) is 0 Å². The molecule has 2 nitrogen and oxygen atoms in total. The van der Waals surface area contributed by atoms with Crippen molar-refractivity contribution in [1.29, 1.82) is 0 Å². The molecule has 0 fully saturated rings. The Balaban J connectivity index is 2.56. The number of para-hydroxylation sites is 1. The fourth-order valence-electron chi connectivity index (χ4n) is 2.07. The minimum atomic E-state index is -1.56. The van der Waals surface area contributed by atoms with Crippen LogP contribution in [0.5, 0.6) is 5.75 Å². The lowest BCUT2D eigenvalue weighted by molar-refractivity contribution is 0.0125. The van der Waals surface area contributed by atoms with Gasteiger partial charge in [-0.15, -0.1) is 0 Å². The highest BCUT2D eigenvalue weighted by Crippen LogP contribution is 2.24. The van der Waals surface area contributed by atoms with E-state index in [0.717, 1.165) is 23.9 Å². The summed E-state index contributed by atoms with van der Waals surface area (Å²) >= 11 is 0. The molecular weight excluding hydrogens is 228 g/mol. The van der Waals surface area contributed by atoms with E-state index >= 15 is 0 Å². The van der Waals surface area contributed by atoms with Crippen molar-refractivity contribution in [2.75, 3.05) is 0 Å². The van der Waals surface area contributed by atoms with Crippen molar-refractivity contribution in [1.82, 2.24) is 0 Å². The maximum atomic E-state index is 6.21. The normalized spacial score (nSPS) is 13.4. The molecule has 0 aliphatic heterocycles. The second kappa shape index (κ2) is 6.82. The average molecular weight is 252 g/mol. The van der Waals surface area contributed by atoms with Crippen LogP contribution in [0.25, 0.3) is 0 Å². The summed E-state index contributed by atoms with van der Waals surface area (Å²) in [5.41, 5.74) is 0. The SMILES string of the molecule is CC[Si](CC)(CC)OC(C)Oc1ccccc1. The zero-order chi connectivity index (χ0) is 12.7. The third-order valence-corrected chi connectivity index (χ3v) is 8.09. The molecule has 1 unspecified atom stereocenters. The van der Waals surface area contributed by atoms with E-state index in [1.807, 2.05) is 37.3 Å². The van der Waals surface area contributed by atoms with E-state index in [1.54, 1.807) is 0 Å². The van der Waals surface area contributed by atoms with E-state index in [1.165, 1.54) is 0 Å². The minimum Gasteiger partial charge on any atom is -0.466 e. The first-order chi connectivity index (χ1) is 8.15. The molecule has 0 heterocycles. The first-order valence-corrected chi connectivity index (χ1v) is 9.08. The number of hydrogen-bond donors (Lipinski definition) is 0. The van der Waals surface area contributed by atoms with Gasteiger partial charge in [0, 0.05) is 0 Å². The topological polar surface area (TPSA) is 18.5 Å². The van der Waals surface area contributed by atoms with Gasteiger partial charge in [-0.3, -0.25) is 0 Å². The van der Waals surface area contributed by atoms with Gasteiger partial charge in [-0.25, -0.2) is 0 Å². The number of ether oxygens (including phenoxy) is 1. The van der Waals surface area contributed by atoms with E-state index in [-0.39, 0.29) is 6.29 Å². The molecule has 0 aromatic heterocycles. The Bertz CT molecular complexity index is 301. The molecule has 1 aromatic rings. The van der Waals surface area contributed by atoms with Crippen LogP contribution in [0.15, 0.2) is 30.3 Å². The van der Waals surface area contributed by atoms with Crippen molar-refractivity contribution in [2.24, 2.45) is 0 Å². The predicted molar refractivity (Wildman–Crippen MR) is 74.8 cm³/mol. The van der Waals surface area contributed by atoms with Gasteiger partial charge in [-0.1, -0.05) is 39.0 Å². The number of benzene rings is 1. The Labute approximate surface area is 106 Å². The molecule has 1 atom stereocenters. The average Bonchev–Trinajstić information content (AvgIpc) is 2.37. The van der Waals surface area contributed by atoms with Crippen LogP contribution in [0, 0.1) is 0 Å². The molecule has 1 rings (SSSR count). The van der Waals surface area contributed by atoms with E-state index in [4.69, 9.17) is 9.16 Å². The molecule has 3 heteroatoms. The molecule has 0 bridgehead atoms. The van der Waals surface area contributed by atoms with Crippen LogP contribution in [0.2, 0.25) is 18.1 Å². The summed E-state index contributed by atoms with van der Waals surface area (Å²) in [5, 5.41) is 0. The molecule has 0 saturated carbocycles. The third-order valence-electron chi connectivity index (χ3n) is 3.39. The third kappa shape index (κ3) is 4.17. The second-order valence-corrected chi connectivity index (χ2v) is 9.08. The minimum absolute atomic E-state index is 0.149. The molecule has 1 aromatic carbocycles. The summed E-state index contributed by atoms with van der Waals surface area (Å²) in [6.45, 7) is 8.69. The fraction of sp³-hybridized carbons (Fsp3) is 0.571. The highest BCUT2D eigenvalue weighted by Gasteiger charge is 2.31. The summed E-state index contributed by atoms with van der Waals surface area (Å²) in [7, 11) is -1.56. The summed E-state index contributed by atoms with van der Waals surface area (Å²) in [5.74, 6) is 0.881. The van der Waals surface area contributed by atoms with Gasteiger partial charge in [0.2, 0.25) is 0 Å². The van der Waals surface area contributed by atoms with Crippen LogP contribution in [0.3, 0.4) is 0 Å². The Morgan fingerprint density at radius 2 is 1.53 bits per heavy atom. The molecule has 0 aliphatic rings. The Hall–Kier alpha value is -0.803. The van der Waals surface area contributed by atoms with Crippen LogP contribution < -0.4 is 4.74 Å². The van der Waals surface area contributed by atoms with Gasteiger partial charge in [-0.2, -0.15) is 0 Å². The first-order valence-electron chi connectivity index (χ1n) is 6.55. The Morgan fingerprint density at radius 3 is 2.00 bits per heavy atom. The molecule has 96 valence electrons. The maximum absolute atomic E-state index is 6.21. The van der Waals surface area contributed by atoms with E-state index in [9.17, 15) is 0 Å². The van der Waals surface area contributed by atoms with Crippen LogP contribution in [-0.4, -0.2) is 14.6 Å². The van der Waals surface area contributed by atoms with Gasteiger partial charge >= 0.3 is 0 Å². The molecule has 0 spiro atoms. The summed E-state index contributed by atoms with van der Waals surface area (Å²) in [6.07, 6.45) is -0.149. The maximum Gasteiger partial charge on any atom is 0.196 e. The molecular formula is C14H24O2Si. The monoisotopic (exact) mass is 252 g/mol. The lowest BCUT2D eigenvalue weighted by Crippen LogP contribution is -2.40. The molecule has 0 radical (unpaired) electrons. The predicted octanol–water partition coefficient (Wildman–Crippen LogP) is 4.43. The lowest BCUT2D eigenvalue weighted by atomic mass is 10.3. The second-order valence-electron chi connectivity index (χ2n) is 4.36. The van der Waals surface area contributed by atoms with Gasteiger partial charge in [0.15, 0.2) is 14.6 Å². The van der Waals surface area contributed by atoms with Gasteiger partial charge in [-0.05, 0) is 37.2 Å². The smallest absolute Gasteiger partial charge is 0.196 e. The molecule has 0 aliphatic carbocycles. The van der Waals surface area contributed by atoms with Crippen molar-refractivity contribution in [2.45, 2.75) is 52.1 Å². The lowest BCUT2D eigenvalue weighted by Gasteiger charge is -2.31. The summed E-state index contributed by atoms with van der Waals surface area (Å²) in [4.78, 5) is 0.